The minimum absolute atomic E-state index is 0.0720. The summed E-state index contributed by atoms with van der Waals surface area (Å²) < 4.78 is 4.96. The number of rotatable bonds is 13. The molecule has 7 nitrogen and oxygen atoms in total. The van der Waals surface area contributed by atoms with Crippen LogP contribution >= 0.6 is 11.8 Å². The van der Waals surface area contributed by atoms with Gasteiger partial charge in [-0.15, -0.1) is 24.9 Å². The first-order chi connectivity index (χ1) is 20.3. The monoisotopic (exact) mass is 590 g/mol. The highest BCUT2D eigenvalue weighted by atomic mass is 32.2. The average Bonchev–Trinajstić information content (AvgIpc) is 3.63. The first-order valence-electron chi connectivity index (χ1n) is 15.1. The average molecular weight is 591 g/mol. The number of esters is 1. The SMILES string of the molecule is C=CCCCCOC(=O)[C@@H]1[C@@H]2CCC3(S2)C(C(=O)N(CC=C)c2ccc4ccccc4c2)N([C@@H](CO)C(C)C)C(=O)[C@H]13. The van der Waals surface area contributed by atoms with E-state index in [9.17, 15) is 19.5 Å². The van der Waals surface area contributed by atoms with Crippen LogP contribution in [0.2, 0.25) is 0 Å². The molecule has 6 atom stereocenters. The molecule has 2 aromatic rings. The summed E-state index contributed by atoms with van der Waals surface area (Å²) in [5, 5.41) is 12.5. The Morgan fingerprint density at radius 3 is 2.62 bits per heavy atom. The molecule has 3 saturated heterocycles. The summed E-state index contributed by atoms with van der Waals surface area (Å²) in [7, 11) is 0. The molecular weight excluding hydrogens is 548 g/mol. The molecule has 0 radical (unpaired) electrons. The van der Waals surface area contributed by atoms with Crippen molar-refractivity contribution in [3.05, 3.63) is 67.8 Å². The molecule has 3 aliphatic rings. The Hall–Kier alpha value is -3.10. The number of benzene rings is 2. The van der Waals surface area contributed by atoms with Gasteiger partial charge in [0.1, 0.15) is 6.04 Å². The third kappa shape index (κ3) is 5.17. The van der Waals surface area contributed by atoms with Crippen LogP contribution < -0.4 is 4.90 Å². The van der Waals surface area contributed by atoms with Gasteiger partial charge in [-0.3, -0.25) is 14.4 Å². The van der Waals surface area contributed by atoms with Crippen LogP contribution in [0, 0.1) is 17.8 Å². The van der Waals surface area contributed by atoms with E-state index in [1.807, 2.05) is 62.4 Å². The van der Waals surface area contributed by atoms with Gasteiger partial charge >= 0.3 is 5.97 Å². The van der Waals surface area contributed by atoms with Crippen LogP contribution in [0.25, 0.3) is 10.8 Å². The molecule has 42 heavy (non-hydrogen) atoms. The number of aliphatic hydroxyl groups excluding tert-OH is 1. The van der Waals surface area contributed by atoms with Gasteiger partial charge in [0.05, 0.1) is 35.8 Å². The largest absolute Gasteiger partial charge is 0.465 e. The number of carbonyl (C=O) groups is 3. The van der Waals surface area contributed by atoms with Crippen molar-refractivity contribution in [3.8, 4) is 0 Å². The molecule has 1 N–H and O–H groups in total. The molecule has 2 aromatic carbocycles. The summed E-state index contributed by atoms with van der Waals surface area (Å²) in [6.45, 7) is 11.9. The van der Waals surface area contributed by atoms with Gasteiger partial charge in [-0.2, -0.15) is 0 Å². The van der Waals surface area contributed by atoms with Crippen molar-refractivity contribution in [2.24, 2.45) is 17.8 Å². The van der Waals surface area contributed by atoms with Crippen LogP contribution in [-0.2, 0) is 19.1 Å². The molecule has 3 fully saturated rings. The minimum Gasteiger partial charge on any atom is -0.465 e. The molecular formula is C34H42N2O5S. The Kier molecular flexibility index (Phi) is 9.14. The van der Waals surface area contributed by atoms with Gasteiger partial charge in [-0.05, 0) is 60.9 Å². The molecule has 8 heteroatoms. The van der Waals surface area contributed by atoms with Crippen LogP contribution in [0.1, 0.15) is 46.0 Å². The van der Waals surface area contributed by atoms with Gasteiger partial charge in [0, 0.05) is 17.5 Å². The van der Waals surface area contributed by atoms with Crippen molar-refractivity contribution in [1.29, 1.82) is 0 Å². The number of thioether (sulfide) groups is 1. The standard InChI is InChI=1S/C34H42N2O5S/c1-5-7-8-11-19-41-33(40)28-27-16-17-34(42-27)29(28)31(38)36(26(21-37)22(3)4)30(34)32(39)35(18-6-2)25-15-14-23-12-9-10-13-24(23)20-25/h5-6,9-10,12-15,20,22,26-30,37H,1-2,7-8,11,16-19,21H2,3-4H3/t26-,27-,28+,29-,30?,34?/m0/s1. The second-order valence-corrected chi connectivity index (χ2v) is 13.6. The lowest BCUT2D eigenvalue weighted by Crippen LogP contribution is -2.58. The maximum Gasteiger partial charge on any atom is 0.310 e. The van der Waals surface area contributed by atoms with Crippen molar-refractivity contribution in [2.75, 3.05) is 24.7 Å². The quantitative estimate of drug-likeness (QED) is 0.192. The number of carbonyl (C=O) groups excluding carboxylic acids is 3. The number of amides is 2. The Morgan fingerprint density at radius 1 is 1.17 bits per heavy atom. The number of ether oxygens (including phenoxy) is 1. The summed E-state index contributed by atoms with van der Waals surface area (Å²) in [5.41, 5.74) is 0.726. The molecule has 0 aromatic heterocycles. The second-order valence-electron chi connectivity index (χ2n) is 12.0. The number of likely N-dealkylation sites (tertiary alicyclic amines) is 1. The van der Waals surface area contributed by atoms with E-state index in [4.69, 9.17) is 4.74 Å². The number of fused-ring (bicyclic) bond motifs is 2. The summed E-state index contributed by atoms with van der Waals surface area (Å²) in [6, 6.07) is 12.5. The zero-order valence-electron chi connectivity index (χ0n) is 24.6. The lowest BCUT2D eigenvalue weighted by molar-refractivity contribution is -0.154. The Bertz CT molecular complexity index is 1360. The topological polar surface area (TPSA) is 87.2 Å². The maximum absolute atomic E-state index is 14.8. The van der Waals surface area contributed by atoms with Crippen LogP contribution in [0.3, 0.4) is 0 Å². The Morgan fingerprint density at radius 2 is 1.93 bits per heavy atom. The first kappa shape index (κ1) is 30.4. The lowest BCUT2D eigenvalue weighted by Gasteiger charge is -2.40. The van der Waals surface area contributed by atoms with Crippen LogP contribution in [-0.4, -0.2) is 69.6 Å². The van der Waals surface area contributed by atoms with E-state index in [1.54, 1.807) is 27.6 Å². The fourth-order valence-electron chi connectivity index (χ4n) is 7.22. The zero-order valence-corrected chi connectivity index (χ0v) is 25.4. The number of hydrogen-bond donors (Lipinski definition) is 1. The van der Waals surface area contributed by atoms with Crippen molar-refractivity contribution < 1.29 is 24.2 Å². The molecule has 5 rings (SSSR count). The lowest BCUT2D eigenvalue weighted by atomic mass is 9.71. The summed E-state index contributed by atoms with van der Waals surface area (Å²) >= 11 is 1.62. The summed E-state index contributed by atoms with van der Waals surface area (Å²) in [5.74, 6) is -2.12. The Balaban J connectivity index is 1.52. The zero-order chi connectivity index (χ0) is 30.0. The van der Waals surface area contributed by atoms with Gasteiger partial charge in [0.25, 0.3) is 5.91 Å². The van der Waals surface area contributed by atoms with Crippen LogP contribution in [0.5, 0.6) is 0 Å². The summed E-state index contributed by atoms with van der Waals surface area (Å²) in [6.07, 6.45) is 7.43. The molecule has 224 valence electrons. The number of hydrogen-bond acceptors (Lipinski definition) is 6. The van der Waals surface area contributed by atoms with Gasteiger partial charge in [0.15, 0.2) is 0 Å². The van der Waals surface area contributed by atoms with Gasteiger partial charge in [-0.1, -0.05) is 56.3 Å². The number of unbranched alkanes of at least 4 members (excludes halogenated alkanes) is 2. The maximum atomic E-state index is 14.8. The van der Waals surface area contributed by atoms with E-state index in [0.717, 1.165) is 42.1 Å². The van der Waals surface area contributed by atoms with Crippen molar-refractivity contribution in [1.82, 2.24) is 4.90 Å². The fraction of sp³-hybridized carbons (Fsp3) is 0.500. The predicted molar refractivity (Wildman–Crippen MR) is 168 cm³/mol. The van der Waals surface area contributed by atoms with Gasteiger partial charge in [-0.25, -0.2) is 0 Å². The normalized spacial score (nSPS) is 26.9. The number of nitrogens with zero attached hydrogens (tertiary/aromatic N) is 2. The van der Waals surface area contributed by atoms with E-state index >= 15 is 0 Å². The fourth-order valence-corrected chi connectivity index (χ4v) is 9.41. The number of aliphatic hydroxyl groups is 1. The molecule has 2 amide bonds. The van der Waals surface area contributed by atoms with Gasteiger partial charge < -0.3 is 19.6 Å². The predicted octanol–water partition coefficient (Wildman–Crippen LogP) is 5.37. The molecule has 3 aliphatic heterocycles. The van der Waals surface area contributed by atoms with E-state index in [2.05, 4.69) is 13.2 Å². The molecule has 2 unspecified atom stereocenters. The van der Waals surface area contributed by atoms with E-state index in [1.165, 1.54) is 0 Å². The molecule has 1 spiro atoms. The minimum atomic E-state index is -0.818. The van der Waals surface area contributed by atoms with E-state index in [-0.39, 0.29) is 42.1 Å². The molecule has 3 heterocycles. The highest BCUT2D eigenvalue weighted by Crippen LogP contribution is 2.67. The second kappa shape index (κ2) is 12.6. The third-order valence-electron chi connectivity index (χ3n) is 9.23. The van der Waals surface area contributed by atoms with Gasteiger partial charge in [0.2, 0.25) is 5.91 Å². The van der Waals surface area contributed by atoms with Crippen molar-refractivity contribution in [3.63, 3.8) is 0 Å². The van der Waals surface area contributed by atoms with Crippen LogP contribution in [0.15, 0.2) is 67.8 Å². The van der Waals surface area contributed by atoms with Crippen LogP contribution in [0.4, 0.5) is 5.69 Å². The number of anilines is 1. The van der Waals surface area contributed by atoms with E-state index < -0.39 is 28.7 Å². The number of allylic oxidation sites excluding steroid dienone is 1. The molecule has 0 saturated carbocycles. The van der Waals surface area contributed by atoms with Crippen molar-refractivity contribution >= 4 is 46.0 Å². The highest BCUT2D eigenvalue weighted by Gasteiger charge is 2.75. The highest BCUT2D eigenvalue weighted by molar-refractivity contribution is 8.02. The smallest absolute Gasteiger partial charge is 0.310 e. The molecule has 2 bridgehead atoms. The Labute approximate surface area is 253 Å². The third-order valence-corrected chi connectivity index (χ3v) is 11.2. The van der Waals surface area contributed by atoms with E-state index in [0.29, 0.717) is 13.0 Å². The summed E-state index contributed by atoms with van der Waals surface area (Å²) in [4.78, 5) is 46.1. The molecule has 0 aliphatic carbocycles. The first-order valence-corrected chi connectivity index (χ1v) is 16.0. The van der Waals surface area contributed by atoms with Crippen molar-refractivity contribution in [2.45, 2.75) is 68.0 Å².